The Hall–Kier alpha value is -2.71. The van der Waals surface area contributed by atoms with Gasteiger partial charge in [-0.1, -0.05) is 6.07 Å². The molecule has 9 heteroatoms. The molecule has 1 saturated heterocycles. The number of nitrogens with zero attached hydrogens (tertiary/aromatic N) is 4. The number of imidazole rings is 1. The number of nitrogens with one attached hydrogen (secondary N) is 2. The summed E-state index contributed by atoms with van der Waals surface area (Å²) < 4.78 is 17.7. The minimum atomic E-state index is -0.367. The molecule has 3 aromatic rings. The number of hydrogen-bond acceptors (Lipinski definition) is 4. The van der Waals surface area contributed by atoms with Gasteiger partial charge in [0, 0.05) is 31.7 Å². The molecule has 7 nitrogen and oxygen atoms in total. The lowest BCUT2D eigenvalue weighted by Crippen LogP contribution is -2.32. The number of hydrogen-bond donors (Lipinski definition) is 2. The molecule has 4 rings (SSSR count). The van der Waals surface area contributed by atoms with Crippen LogP contribution in [-0.4, -0.2) is 38.3 Å². The molecule has 2 aromatic heterocycles. The Balaban J connectivity index is 0.00000225. The second kappa shape index (κ2) is 8.99. The van der Waals surface area contributed by atoms with Gasteiger partial charge in [-0.05, 0) is 43.1 Å². The fourth-order valence-electron chi connectivity index (χ4n) is 3.27. The third kappa shape index (κ3) is 4.40. The van der Waals surface area contributed by atoms with Crippen molar-refractivity contribution in [2.45, 2.75) is 25.4 Å². The van der Waals surface area contributed by atoms with E-state index in [4.69, 9.17) is 0 Å². The molecule has 1 atom stereocenters. The summed E-state index contributed by atoms with van der Waals surface area (Å²) >= 11 is 0. The molecule has 1 unspecified atom stereocenters. The van der Waals surface area contributed by atoms with Gasteiger partial charge >= 0.3 is 0 Å². The summed E-state index contributed by atoms with van der Waals surface area (Å²) in [7, 11) is 0. The SMILES string of the molecule is Cl.O=C(NCc1ccc(-n2ccnc2)c(F)c1)c1ccn(C2CCCNC2)n1. The van der Waals surface area contributed by atoms with Gasteiger partial charge in [0.2, 0.25) is 0 Å². The van der Waals surface area contributed by atoms with E-state index < -0.39 is 0 Å². The van der Waals surface area contributed by atoms with Gasteiger partial charge < -0.3 is 15.2 Å². The summed E-state index contributed by atoms with van der Waals surface area (Å²) in [4.78, 5) is 16.3. The Labute approximate surface area is 168 Å². The first-order valence-corrected chi connectivity index (χ1v) is 9.01. The van der Waals surface area contributed by atoms with Gasteiger partial charge in [-0.3, -0.25) is 9.48 Å². The highest BCUT2D eigenvalue weighted by Gasteiger charge is 2.17. The number of rotatable bonds is 5. The molecular formula is C19H22ClFN6O. The molecular weight excluding hydrogens is 383 g/mol. The zero-order chi connectivity index (χ0) is 18.6. The zero-order valence-electron chi connectivity index (χ0n) is 15.2. The summed E-state index contributed by atoms with van der Waals surface area (Å²) in [6.07, 6.45) is 8.81. The van der Waals surface area contributed by atoms with E-state index in [1.54, 1.807) is 35.2 Å². The molecule has 1 aliphatic heterocycles. The molecule has 0 radical (unpaired) electrons. The highest BCUT2D eigenvalue weighted by molar-refractivity contribution is 5.92. The monoisotopic (exact) mass is 404 g/mol. The van der Waals surface area contributed by atoms with Crippen molar-refractivity contribution in [2.24, 2.45) is 0 Å². The third-order valence-electron chi connectivity index (χ3n) is 4.73. The van der Waals surface area contributed by atoms with Crippen LogP contribution in [0.2, 0.25) is 0 Å². The number of halogens is 2. The van der Waals surface area contributed by atoms with Gasteiger partial charge in [-0.25, -0.2) is 9.37 Å². The van der Waals surface area contributed by atoms with Crippen LogP contribution in [0.3, 0.4) is 0 Å². The number of piperidine rings is 1. The van der Waals surface area contributed by atoms with Crippen molar-refractivity contribution in [3.05, 3.63) is 66.3 Å². The third-order valence-corrected chi connectivity index (χ3v) is 4.73. The van der Waals surface area contributed by atoms with Crippen molar-refractivity contribution in [1.82, 2.24) is 30.0 Å². The average Bonchev–Trinajstić information content (AvgIpc) is 3.39. The molecule has 2 N–H and O–H groups in total. The van der Waals surface area contributed by atoms with Crippen LogP contribution in [-0.2, 0) is 6.54 Å². The predicted molar refractivity (Wildman–Crippen MR) is 105 cm³/mol. The van der Waals surface area contributed by atoms with Crippen LogP contribution in [0.15, 0.2) is 49.2 Å². The summed E-state index contributed by atoms with van der Waals surface area (Å²) in [5.41, 5.74) is 1.47. The van der Waals surface area contributed by atoms with Crippen LogP contribution >= 0.6 is 12.4 Å². The lowest BCUT2D eigenvalue weighted by atomic mass is 10.1. The Morgan fingerprint density at radius 3 is 2.93 bits per heavy atom. The zero-order valence-corrected chi connectivity index (χ0v) is 16.0. The molecule has 3 heterocycles. The maximum atomic E-state index is 14.3. The van der Waals surface area contributed by atoms with Crippen molar-refractivity contribution >= 4 is 18.3 Å². The summed E-state index contributed by atoms with van der Waals surface area (Å²) in [5, 5.41) is 10.5. The second-order valence-corrected chi connectivity index (χ2v) is 6.62. The van der Waals surface area contributed by atoms with E-state index in [1.807, 2.05) is 10.9 Å². The molecule has 1 aliphatic rings. The summed E-state index contributed by atoms with van der Waals surface area (Å²) in [6, 6.07) is 6.87. The normalized spacial score (nSPS) is 16.4. The highest BCUT2D eigenvalue weighted by atomic mass is 35.5. The lowest BCUT2D eigenvalue weighted by Gasteiger charge is -2.22. The molecule has 28 heavy (non-hydrogen) atoms. The Morgan fingerprint density at radius 2 is 2.21 bits per heavy atom. The van der Waals surface area contributed by atoms with Crippen molar-refractivity contribution in [3.8, 4) is 5.69 Å². The van der Waals surface area contributed by atoms with E-state index in [1.165, 1.54) is 12.4 Å². The Kier molecular flexibility index (Phi) is 6.43. The topological polar surface area (TPSA) is 76.8 Å². The largest absolute Gasteiger partial charge is 0.347 e. The van der Waals surface area contributed by atoms with Crippen LogP contribution in [0.4, 0.5) is 4.39 Å². The van der Waals surface area contributed by atoms with Crippen molar-refractivity contribution in [1.29, 1.82) is 0 Å². The van der Waals surface area contributed by atoms with Crippen molar-refractivity contribution in [2.75, 3.05) is 13.1 Å². The molecule has 0 saturated carbocycles. The first kappa shape index (κ1) is 20.0. The predicted octanol–water partition coefficient (Wildman–Crippen LogP) is 2.48. The molecule has 148 valence electrons. The standard InChI is InChI=1S/C19H21FN6O.ClH/c20-16-10-14(3-4-18(16)25-9-7-22-13-25)11-23-19(27)17-5-8-26(24-17)15-2-1-6-21-12-15;/h3-5,7-10,13,15,21H,1-2,6,11-12H2,(H,23,27);1H. The molecule has 1 aromatic carbocycles. The van der Waals surface area contributed by atoms with Crippen molar-refractivity contribution < 1.29 is 9.18 Å². The van der Waals surface area contributed by atoms with E-state index in [0.29, 0.717) is 16.9 Å². The van der Waals surface area contributed by atoms with E-state index in [2.05, 4.69) is 20.7 Å². The number of carbonyl (C=O) groups is 1. The number of benzene rings is 1. The van der Waals surface area contributed by atoms with Gasteiger partial charge in [0.25, 0.3) is 5.91 Å². The van der Waals surface area contributed by atoms with Gasteiger partial charge in [-0.15, -0.1) is 12.4 Å². The van der Waals surface area contributed by atoms with Gasteiger partial charge in [-0.2, -0.15) is 5.10 Å². The Bertz CT molecular complexity index is 920. The van der Waals surface area contributed by atoms with Crippen LogP contribution in [0.25, 0.3) is 5.69 Å². The Morgan fingerprint density at radius 1 is 1.32 bits per heavy atom. The first-order valence-electron chi connectivity index (χ1n) is 9.01. The van der Waals surface area contributed by atoms with E-state index >= 15 is 0 Å². The van der Waals surface area contributed by atoms with E-state index in [9.17, 15) is 9.18 Å². The smallest absolute Gasteiger partial charge is 0.272 e. The molecule has 0 aliphatic carbocycles. The minimum absolute atomic E-state index is 0. The lowest BCUT2D eigenvalue weighted by molar-refractivity contribution is 0.0944. The van der Waals surface area contributed by atoms with Gasteiger partial charge in [0.1, 0.15) is 11.5 Å². The second-order valence-electron chi connectivity index (χ2n) is 6.62. The maximum Gasteiger partial charge on any atom is 0.272 e. The molecule has 0 bridgehead atoms. The molecule has 1 amide bonds. The number of carbonyl (C=O) groups excluding carboxylic acids is 1. The van der Waals surface area contributed by atoms with Crippen LogP contribution < -0.4 is 10.6 Å². The fraction of sp³-hybridized carbons (Fsp3) is 0.316. The number of aromatic nitrogens is 4. The summed E-state index contributed by atoms with van der Waals surface area (Å²) in [5.74, 6) is -0.634. The van der Waals surface area contributed by atoms with Crippen LogP contribution in [0.1, 0.15) is 34.9 Å². The maximum absolute atomic E-state index is 14.3. The first-order chi connectivity index (χ1) is 13.2. The van der Waals surface area contributed by atoms with E-state index in [-0.39, 0.29) is 36.7 Å². The summed E-state index contributed by atoms with van der Waals surface area (Å²) in [6.45, 7) is 2.13. The highest BCUT2D eigenvalue weighted by Crippen LogP contribution is 2.17. The fourth-order valence-corrected chi connectivity index (χ4v) is 3.27. The number of amides is 1. The van der Waals surface area contributed by atoms with E-state index in [0.717, 1.165) is 25.9 Å². The van der Waals surface area contributed by atoms with Gasteiger partial charge in [0.15, 0.2) is 0 Å². The molecule has 0 spiro atoms. The van der Waals surface area contributed by atoms with Crippen LogP contribution in [0, 0.1) is 5.82 Å². The molecule has 1 fully saturated rings. The average molecular weight is 405 g/mol. The quantitative estimate of drug-likeness (QED) is 0.685. The minimum Gasteiger partial charge on any atom is -0.347 e. The van der Waals surface area contributed by atoms with Gasteiger partial charge in [0.05, 0.1) is 18.1 Å². The van der Waals surface area contributed by atoms with Crippen LogP contribution in [0.5, 0.6) is 0 Å². The van der Waals surface area contributed by atoms with Crippen molar-refractivity contribution in [3.63, 3.8) is 0 Å².